The molecule has 17 heavy (non-hydrogen) atoms. The number of carbonyl (C=O) groups excluding carboxylic acids is 2. The van der Waals surface area contributed by atoms with Crippen LogP contribution >= 0.6 is 0 Å². The van der Waals surface area contributed by atoms with Crippen molar-refractivity contribution in [2.75, 3.05) is 18.6 Å². The summed E-state index contributed by atoms with van der Waals surface area (Å²) in [5, 5.41) is 0. The SMILES string of the molecule is COC(=O)CCN1C(=O)CCc2cc[c]cc21. The van der Waals surface area contributed by atoms with E-state index >= 15 is 0 Å². The third kappa shape index (κ3) is 2.46. The lowest BCUT2D eigenvalue weighted by Gasteiger charge is -2.28. The Hall–Kier alpha value is -1.84. The minimum absolute atomic E-state index is 0.0565. The molecule has 1 amide bonds. The number of hydrogen-bond acceptors (Lipinski definition) is 3. The first-order valence-corrected chi connectivity index (χ1v) is 5.58. The number of amides is 1. The lowest BCUT2D eigenvalue weighted by Crippen LogP contribution is -2.36. The van der Waals surface area contributed by atoms with Crippen molar-refractivity contribution in [2.45, 2.75) is 19.3 Å². The van der Waals surface area contributed by atoms with Crippen molar-refractivity contribution in [3.05, 3.63) is 29.8 Å². The fourth-order valence-electron chi connectivity index (χ4n) is 1.98. The van der Waals surface area contributed by atoms with Crippen LogP contribution in [-0.2, 0) is 20.7 Å². The largest absolute Gasteiger partial charge is 0.469 e. The zero-order chi connectivity index (χ0) is 12.3. The van der Waals surface area contributed by atoms with Gasteiger partial charge in [0.1, 0.15) is 0 Å². The highest BCUT2D eigenvalue weighted by atomic mass is 16.5. The summed E-state index contributed by atoms with van der Waals surface area (Å²) in [6.07, 6.45) is 1.48. The molecule has 2 rings (SSSR count). The summed E-state index contributed by atoms with van der Waals surface area (Å²) in [7, 11) is 1.35. The quantitative estimate of drug-likeness (QED) is 0.738. The molecule has 4 nitrogen and oxygen atoms in total. The Labute approximate surface area is 100 Å². The molecule has 0 aliphatic carbocycles. The van der Waals surface area contributed by atoms with Crippen LogP contribution in [-0.4, -0.2) is 25.5 Å². The maximum atomic E-state index is 11.8. The molecule has 0 N–H and O–H groups in total. The van der Waals surface area contributed by atoms with Crippen molar-refractivity contribution in [3.63, 3.8) is 0 Å². The lowest BCUT2D eigenvalue weighted by atomic mass is 10.0. The summed E-state index contributed by atoms with van der Waals surface area (Å²) in [5.74, 6) is -0.245. The topological polar surface area (TPSA) is 46.6 Å². The number of esters is 1. The molecule has 0 spiro atoms. The molecule has 0 saturated carbocycles. The number of fused-ring (bicyclic) bond motifs is 1. The normalized spacial score (nSPS) is 14.4. The van der Waals surface area contributed by atoms with Crippen molar-refractivity contribution in [1.29, 1.82) is 0 Å². The molecule has 1 radical (unpaired) electrons. The number of methoxy groups -OCH3 is 1. The highest BCUT2D eigenvalue weighted by molar-refractivity contribution is 5.96. The van der Waals surface area contributed by atoms with Crippen LogP contribution in [0.15, 0.2) is 18.2 Å². The van der Waals surface area contributed by atoms with E-state index in [4.69, 9.17) is 0 Å². The van der Waals surface area contributed by atoms with Gasteiger partial charge in [0.2, 0.25) is 5.91 Å². The summed E-state index contributed by atoms with van der Waals surface area (Å²) in [5.41, 5.74) is 2.00. The molecule has 1 aliphatic rings. The van der Waals surface area contributed by atoms with Crippen LogP contribution in [0, 0.1) is 6.07 Å². The van der Waals surface area contributed by atoms with Crippen LogP contribution < -0.4 is 4.90 Å². The number of anilines is 1. The number of benzene rings is 1. The van der Waals surface area contributed by atoms with Gasteiger partial charge in [-0.3, -0.25) is 9.59 Å². The van der Waals surface area contributed by atoms with Gasteiger partial charge in [-0.05, 0) is 24.1 Å². The number of rotatable bonds is 3. The van der Waals surface area contributed by atoms with Gasteiger partial charge in [0.05, 0.1) is 13.5 Å². The molecule has 1 aromatic rings. The van der Waals surface area contributed by atoms with Crippen molar-refractivity contribution in [1.82, 2.24) is 0 Å². The Bertz CT molecular complexity index is 442. The molecular weight excluding hydrogens is 218 g/mol. The molecule has 4 heteroatoms. The highest BCUT2D eigenvalue weighted by Crippen LogP contribution is 2.27. The Balaban J connectivity index is 2.15. The van der Waals surface area contributed by atoms with E-state index in [-0.39, 0.29) is 18.3 Å². The van der Waals surface area contributed by atoms with Crippen molar-refractivity contribution in [3.8, 4) is 0 Å². The molecule has 1 heterocycles. The van der Waals surface area contributed by atoms with Gasteiger partial charge in [0.15, 0.2) is 0 Å². The molecule has 0 saturated heterocycles. The Morgan fingerprint density at radius 2 is 2.35 bits per heavy atom. The van der Waals surface area contributed by atoms with Gasteiger partial charge in [-0.2, -0.15) is 0 Å². The Kier molecular flexibility index (Phi) is 3.42. The lowest BCUT2D eigenvalue weighted by molar-refractivity contribution is -0.140. The third-order valence-corrected chi connectivity index (χ3v) is 2.90. The van der Waals surface area contributed by atoms with Crippen LogP contribution in [0.5, 0.6) is 0 Å². The third-order valence-electron chi connectivity index (χ3n) is 2.90. The number of hydrogen-bond donors (Lipinski definition) is 0. The minimum Gasteiger partial charge on any atom is -0.469 e. The average Bonchev–Trinajstić information content (AvgIpc) is 2.37. The monoisotopic (exact) mass is 232 g/mol. The van der Waals surface area contributed by atoms with Gasteiger partial charge in [-0.25, -0.2) is 0 Å². The van der Waals surface area contributed by atoms with Crippen molar-refractivity contribution in [2.24, 2.45) is 0 Å². The van der Waals surface area contributed by atoms with E-state index in [9.17, 15) is 9.59 Å². The van der Waals surface area contributed by atoms with Gasteiger partial charge >= 0.3 is 5.97 Å². The predicted molar refractivity (Wildman–Crippen MR) is 62.6 cm³/mol. The molecule has 0 unspecified atom stereocenters. The summed E-state index contributed by atoms with van der Waals surface area (Å²) in [4.78, 5) is 24.6. The van der Waals surface area contributed by atoms with E-state index in [2.05, 4.69) is 10.8 Å². The van der Waals surface area contributed by atoms with Gasteiger partial charge in [-0.15, -0.1) is 0 Å². The van der Waals surface area contributed by atoms with Crippen molar-refractivity contribution < 1.29 is 14.3 Å². The molecule has 1 aromatic carbocycles. The number of nitrogens with zero attached hydrogens (tertiary/aromatic N) is 1. The first kappa shape index (κ1) is 11.6. The van der Waals surface area contributed by atoms with E-state index in [0.717, 1.165) is 17.7 Å². The number of aryl methyl sites for hydroxylation is 1. The van der Waals surface area contributed by atoms with Crippen LogP contribution in [0.3, 0.4) is 0 Å². The van der Waals surface area contributed by atoms with Crippen LogP contribution in [0.4, 0.5) is 5.69 Å². The summed E-state index contributed by atoms with van der Waals surface area (Å²) in [6.45, 7) is 0.371. The maximum absolute atomic E-state index is 11.8. The molecule has 0 atom stereocenters. The van der Waals surface area contributed by atoms with E-state index in [1.54, 1.807) is 11.0 Å². The summed E-state index contributed by atoms with van der Waals surface area (Å²) >= 11 is 0. The second-order valence-corrected chi connectivity index (χ2v) is 3.93. The van der Waals surface area contributed by atoms with Crippen LogP contribution in [0.1, 0.15) is 18.4 Å². The van der Waals surface area contributed by atoms with E-state index < -0.39 is 0 Å². The fraction of sp³-hybridized carbons (Fsp3) is 0.385. The zero-order valence-corrected chi connectivity index (χ0v) is 9.73. The molecule has 0 fully saturated rings. The van der Waals surface area contributed by atoms with Crippen LogP contribution in [0.2, 0.25) is 0 Å². The predicted octanol–water partition coefficient (Wildman–Crippen LogP) is 1.33. The Morgan fingerprint density at radius 3 is 3.12 bits per heavy atom. The molecular formula is C13H14NO3. The standard InChI is InChI=1S/C13H14NO3/c1-17-13(16)8-9-14-11-5-3-2-4-10(11)6-7-12(14)15/h2,4-5H,6-9H2,1H3. The van der Waals surface area contributed by atoms with E-state index in [1.165, 1.54) is 7.11 Å². The first-order valence-electron chi connectivity index (χ1n) is 5.58. The second-order valence-electron chi connectivity index (χ2n) is 3.93. The highest BCUT2D eigenvalue weighted by Gasteiger charge is 2.23. The van der Waals surface area contributed by atoms with Gasteiger partial charge in [0.25, 0.3) is 0 Å². The van der Waals surface area contributed by atoms with E-state index in [1.807, 2.05) is 12.1 Å². The molecule has 0 aromatic heterocycles. The molecule has 0 bridgehead atoms. The molecule has 89 valence electrons. The second kappa shape index (κ2) is 4.99. The minimum atomic E-state index is -0.301. The fourth-order valence-corrected chi connectivity index (χ4v) is 1.98. The zero-order valence-electron chi connectivity index (χ0n) is 9.73. The average molecular weight is 232 g/mol. The van der Waals surface area contributed by atoms with Crippen LogP contribution in [0.25, 0.3) is 0 Å². The van der Waals surface area contributed by atoms with Gasteiger partial charge in [0, 0.05) is 18.7 Å². The number of ether oxygens (including phenoxy) is 1. The van der Waals surface area contributed by atoms with Crippen molar-refractivity contribution >= 4 is 17.6 Å². The Morgan fingerprint density at radius 1 is 1.53 bits per heavy atom. The summed E-state index contributed by atoms with van der Waals surface area (Å²) < 4.78 is 4.58. The maximum Gasteiger partial charge on any atom is 0.307 e. The summed E-state index contributed by atoms with van der Waals surface area (Å²) in [6, 6.07) is 8.56. The van der Waals surface area contributed by atoms with Gasteiger partial charge in [-0.1, -0.05) is 12.1 Å². The smallest absolute Gasteiger partial charge is 0.307 e. The van der Waals surface area contributed by atoms with Gasteiger partial charge < -0.3 is 9.64 Å². The number of carbonyl (C=O) groups is 2. The molecule has 1 aliphatic heterocycles. The van der Waals surface area contributed by atoms with E-state index in [0.29, 0.717) is 13.0 Å². The first-order chi connectivity index (χ1) is 8.22.